The van der Waals surface area contributed by atoms with E-state index in [0.29, 0.717) is 24.3 Å². The molecule has 3 heterocycles. The first-order chi connectivity index (χ1) is 11.9. The fourth-order valence-corrected chi connectivity index (χ4v) is 4.18. The predicted molar refractivity (Wildman–Crippen MR) is 93.8 cm³/mol. The van der Waals surface area contributed by atoms with Crippen molar-refractivity contribution in [1.82, 2.24) is 4.90 Å². The first-order valence-corrected chi connectivity index (χ1v) is 8.95. The lowest BCUT2D eigenvalue weighted by Crippen LogP contribution is -2.52. The molecule has 1 atom stereocenters. The van der Waals surface area contributed by atoms with E-state index in [9.17, 15) is 14.7 Å². The van der Waals surface area contributed by atoms with Gasteiger partial charge < -0.3 is 19.2 Å². The minimum Gasteiger partial charge on any atom is -0.481 e. The van der Waals surface area contributed by atoms with Gasteiger partial charge in [-0.15, -0.1) is 11.3 Å². The molecule has 1 saturated heterocycles. The van der Waals surface area contributed by atoms with E-state index in [4.69, 9.17) is 9.15 Å². The number of furan rings is 1. The second-order valence-electron chi connectivity index (χ2n) is 6.42. The summed E-state index contributed by atoms with van der Waals surface area (Å²) in [5, 5.41) is 9.62. The third-order valence-corrected chi connectivity index (χ3v) is 5.63. The van der Waals surface area contributed by atoms with Crippen molar-refractivity contribution in [3.63, 3.8) is 0 Å². The fraction of sp³-hybridized carbons (Fsp3) is 0.444. The highest BCUT2D eigenvalue weighted by Gasteiger charge is 2.44. The third kappa shape index (κ3) is 3.48. The Balaban J connectivity index is 1.78. The molecule has 6 nitrogen and oxygen atoms in total. The van der Waals surface area contributed by atoms with Crippen LogP contribution in [-0.4, -0.2) is 48.7 Å². The van der Waals surface area contributed by atoms with Crippen LogP contribution in [0, 0.1) is 12.3 Å². The first kappa shape index (κ1) is 17.7. The number of hydrogen-bond donors (Lipinski definition) is 1. The zero-order valence-electron chi connectivity index (χ0n) is 14.3. The first-order valence-electron chi connectivity index (χ1n) is 8.13. The molecular weight excluding hydrogens is 342 g/mol. The molecule has 1 aliphatic heterocycles. The highest BCUT2D eigenvalue weighted by molar-refractivity contribution is 7.17. The van der Waals surface area contributed by atoms with Crippen LogP contribution in [0.15, 0.2) is 28.7 Å². The van der Waals surface area contributed by atoms with E-state index in [1.807, 2.05) is 25.1 Å². The SMILES string of the molecule is COCC1(C(=O)O)CCCN(C(=O)c2ccc(-c3ccc(C)o3)s2)C1. The number of rotatable bonds is 5. The molecule has 1 N–H and O–H groups in total. The molecule has 0 aliphatic carbocycles. The monoisotopic (exact) mass is 363 g/mol. The van der Waals surface area contributed by atoms with Crippen LogP contribution >= 0.6 is 11.3 Å². The standard InChI is InChI=1S/C18H21NO5S/c1-12-4-5-13(24-12)14-6-7-15(25-14)16(20)19-9-3-8-18(10-19,11-23-2)17(21)22/h4-7H,3,8-11H2,1-2H3,(H,21,22). The number of carboxylic acid groups (broad SMARTS) is 1. The van der Waals surface area contributed by atoms with Crippen molar-refractivity contribution in [2.24, 2.45) is 5.41 Å². The van der Waals surface area contributed by atoms with Crippen molar-refractivity contribution in [2.45, 2.75) is 19.8 Å². The second kappa shape index (κ2) is 7.01. The van der Waals surface area contributed by atoms with Gasteiger partial charge in [-0.2, -0.15) is 0 Å². The van der Waals surface area contributed by atoms with Gasteiger partial charge >= 0.3 is 5.97 Å². The lowest BCUT2D eigenvalue weighted by molar-refractivity contribution is -0.155. The molecule has 0 aromatic carbocycles. The van der Waals surface area contributed by atoms with E-state index in [-0.39, 0.29) is 19.1 Å². The van der Waals surface area contributed by atoms with Gasteiger partial charge in [0, 0.05) is 20.2 Å². The summed E-state index contributed by atoms with van der Waals surface area (Å²) in [6.45, 7) is 2.71. The van der Waals surface area contributed by atoms with Crippen molar-refractivity contribution >= 4 is 23.2 Å². The molecule has 7 heteroatoms. The maximum atomic E-state index is 12.8. The summed E-state index contributed by atoms with van der Waals surface area (Å²) in [6, 6.07) is 7.39. The van der Waals surface area contributed by atoms with Crippen LogP contribution in [0.2, 0.25) is 0 Å². The average molecular weight is 363 g/mol. The molecule has 134 valence electrons. The van der Waals surface area contributed by atoms with Crippen LogP contribution in [0.1, 0.15) is 28.3 Å². The minimum absolute atomic E-state index is 0.105. The van der Waals surface area contributed by atoms with Crippen LogP contribution in [0.3, 0.4) is 0 Å². The van der Waals surface area contributed by atoms with Gasteiger partial charge in [-0.25, -0.2) is 0 Å². The predicted octanol–water partition coefficient (Wildman–Crippen LogP) is 3.27. The van der Waals surface area contributed by atoms with Crippen LogP contribution in [0.25, 0.3) is 10.6 Å². The topological polar surface area (TPSA) is 80.0 Å². The van der Waals surface area contributed by atoms with Crippen molar-refractivity contribution in [2.75, 3.05) is 26.8 Å². The van der Waals surface area contributed by atoms with Crippen LogP contribution in [0.5, 0.6) is 0 Å². The van der Waals surface area contributed by atoms with Gasteiger partial charge in [0.15, 0.2) is 0 Å². The van der Waals surface area contributed by atoms with Gasteiger partial charge in [-0.05, 0) is 44.0 Å². The molecule has 2 aromatic heterocycles. The molecule has 25 heavy (non-hydrogen) atoms. The van der Waals surface area contributed by atoms with Crippen LogP contribution in [-0.2, 0) is 9.53 Å². The average Bonchev–Trinajstić information content (AvgIpc) is 3.23. The number of likely N-dealkylation sites (tertiary alicyclic amines) is 1. The van der Waals surface area contributed by atoms with Crippen molar-refractivity contribution < 1.29 is 23.8 Å². The molecule has 3 rings (SSSR count). The number of carboxylic acids is 1. The van der Waals surface area contributed by atoms with E-state index in [1.165, 1.54) is 18.4 Å². The van der Waals surface area contributed by atoms with Gasteiger partial charge in [0.2, 0.25) is 0 Å². The number of thiophene rings is 1. The van der Waals surface area contributed by atoms with Gasteiger partial charge in [0.05, 0.1) is 16.4 Å². The molecule has 0 radical (unpaired) electrons. The number of ether oxygens (including phenoxy) is 1. The zero-order chi connectivity index (χ0) is 18.0. The Morgan fingerprint density at radius 2 is 2.16 bits per heavy atom. The molecule has 1 amide bonds. The Labute approximate surface area is 150 Å². The van der Waals surface area contributed by atoms with E-state index in [0.717, 1.165) is 16.4 Å². The Bertz CT molecular complexity index is 776. The molecule has 2 aromatic rings. The summed E-state index contributed by atoms with van der Waals surface area (Å²) in [7, 11) is 1.49. The van der Waals surface area contributed by atoms with Crippen LogP contribution < -0.4 is 0 Å². The molecule has 1 unspecified atom stereocenters. The fourth-order valence-electron chi connectivity index (χ4n) is 3.24. The van der Waals surface area contributed by atoms with Crippen molar-refractivity contribution in [3.05, 3.63) is 34.9 Å². The largest absolute Gasteiger partial charge is 0.481 e. The van der Waals surface area contributed by atoms with Gasteiger partial charge in [-0.3, -0.25) is 9.59 Å². The van der Waals surface area contributed by atoms with Gasteiger partial charge in [-0.1, -0.05) is 0 Å². The number of amides is 1. The van der Waals surface area contributed by atoms with E-state index >= 15 is 0 Å². The Morgan fingerprint density at radius 1 is 1.36 bits per heavy atom. The molecule has 1 aliphatic rings. The zero-order valence-corrected chi connectivity index (χ0v) is 15.1. The van der Waals surface area contributed by atoms with Crippen molar-refractivity contribution in [3.8, 4) is 10.6 Å². The molecule has 1 fully saturated rings. The molecule has 0 bridgehead atoms. The lowest BCUT2D eigenvalue weighted by atomic mass is 9.80. The highest BCUT2D eigenvalue weighted by Crippen LogP contribution is 2.34. The maximum absolute atomic E-state index is 12.8. The number of hydrogen-bond acceptors (Lipinski definition) is 5. The number of carbonyl (C=O) groups is 2. The molecule has 0 spiro atoms. The van der Waals surface area contributed by atoms with Crippen LogP contribution in [0.4, 0.5) is 0 Å². The summed E-state index contributed by atoms with van der Waals surface area (Å²) in [5.41, 5.74) is -1.03. The quantitative estimate of drug-likeness (QED) is 0.882. The lowest BCUT2D eigenvalue weighted by Gasteiger charge is -2.39. The smallest absolute Gasteiger partial charge is 0.313 e. The summed E-state index contributed by atoms with van der Waals surface area (Å²) < 4.78 is 10.7. The number of aryl methyl sites for hydroxylation is 1. The summed E-state index contributed by atoms with van der Waals surface area (Å²) in [4.78, 5) is 27.7. The Kier molecular flexibility index (Phi) is 4.96. The molecule has 0 saturated carbocycles. The minimum atomic E-state index is -1.03. The maximum Gasteiger partial charge on any atom is 0.313 e. The summed E-state index contributed by atoms with van der Waals surface area (Å²) in [5.74, 6) is 0.503. The van der Waals surface area contributed by atoms with E-state index < -0.39 is 11.4 Å². The number of carbonyl (C=O) groups excluding carboxylic acids is 1. The van der Waals surface area contributed by atoms with Gasteiger partial charge in [0.25, 0.3) is 5.91 Å². The van der Waals surface area contributed by atoms with E-state index in [2.05, 4.69) is 0 Å². The number of methoxy groups -OCH3 is 1. The van der Waals surface area contributed by atoms with Crippen molar-refractivity contribution in [1.29, 1.82) is 0 Å². The third-order valence-electron chi connectivity index (χ3n) is 4.54. The normalized spacial score (nSPS) is 20.6. The summed E-state index contributed by atoms with van der Waals surface area (Å²) in [6.07, 6.45) is 1.17. The highest BCUT2D eigenvalue weighted by atomic mass is 32.1. The number of aliphatic carboxylic acids is 1. The molecular formula is C18H21NO5S. The number of piperidine rings is 1. The summed E-state index contributed by atoms with van der Waals surface area (Å²) >= 11 is 1.36. The Morgan fingerprint density at radius 3 is 2.80 bits per heavy atom. The van der Waals surface area contributed by atoms with E-state index in [1.54, 1.807) is 11.0 Å². The number of nitrogens with zero attached hydrogens (tertiary/aromatic N) is 1. The van der Waals surface area contributed by atoms with Gasteiger partial charge in [0.1, 0.15) is 16.9 Å². The Hall–Kier alpha value is -2.12. The second-order valence-corrected chi connectivity index (χ2v) is 7.51.